The number of aryl methyl sites for hydroxylation is 2. The Morgan fingerprint density at radius 2 is 1.50 bits per heavy atom. The molecule has 2 aromatic carbocycles. The highest BCUT2D eigenvalue weighted by Gasteiger charge is 2.17. The molecule has 0 radical (unpaired) electrons. The van der Waals surface area contributed by atoms with Crippen molar-refractivity contribution in [3.8, 4) is 34.1 Å². The third-order valence-corrected chi connectivity index (χ3v) is 3.89. The Kier molecular flexibility index (Phi) is 2.93. The number of fused-ring (bicyclic) bond motifs is 1. The maximum absolute atomic E-state index is 6.09. The number of hydrogen-bond acceptors (Lipinski definition) is 3. The molecule has 3 heteroatoms. The molecule has 110 valence electrons. The first kappa shape index (κ1) is 13.0. The van der Waals surface area contributed by atoms with E-state index in [9.17, 15) is 0 Å². The lowest BCUT2D eigenvalue weighted by molar-refractivity contribution is 0.174. The Labute approximate surface area is 129 Å². The predicted octanol–water partition coefficient (Wildman–Crippen LogP) is 4.96. The second kappa shape index (κ2) is 4.95. The largest absolute Gasteiger partial charge is 0.456 e. The number of hydrogen-bond donors (Lipinski definition) is 0. The molecule has 0 atom stereocenters. The van der Waals surface area contributed by atoms with Gasteiger partial charge in [-0.3, -0.25) is 0 Å². The van der Waals surface area contributed by atoms with Crippen molar-refractivity contribution in [1.29, 1.82) is 0 Å². The first-order chi connectivity index (χ1) is 10.7. The van der Waals surface area contributed by atoms with Gasteiger partial charge in [-0.05, 0) is 43.7 Å². The van der Waals surface area contributed by atoms with Crippen molar-refractivity contribution in [1.82, 2.24) is 0 Å². The lowest BCUT2D eigenvalue weighted by Gasteiger charge is -2.02. The third-order valence-electron chi connectivity index (χ3n) is 3.89. The summed E-state index contributed by atoms with van der Waals surface area (Å²) < 4.78 is 16.9. The van der Waals surface area contributed by atoms with Gasteiger partial charge in [0.2, 0.25) is 6.79 Å². The molecule has 0 N–H and O–H groups in total. The summed E-state index contributed by atoms with van der Waals surface area (Å²) in [4.78, 5) is 0. The second-order valence-electron chi connectivity index (χ2n) is 5.56. The second-order valence-corrected chi connectivity index (χ2v) is 5.56. The van der Waals surface area contributed by atoms with Gasteiger partial charge >= 0.3 is 0 Å². The van der Waals surface area contributed by atoms with Crippen LogP contribution in [0.15, 0.2) is 52.9 Å². The molecular formula is C19H16O3. The lowest BCUT2D eigenvalue weighted by atomic mass is 10.1. The van der Waals surface area contributed by atoms with Crippen molar-refractivity contribution in [2.75, 3.05) is 6.79 Å². The molecule has 0 unspecified atom stereocenters. The van der Waals surface area contributed by atoms with Gasteiger partial charge < -0.3 is 13.9 Å². The van der Waals surface area contributed by atoms with Gasteiger partial charge in [0, 0.05) is 11.1 Å². The SMILES string of the molecule is Cc1ccc(-c2cc(C)c(-c3ccc4c(c3)OCO4)o2)cc1. The molecule has 0 fully saturated rings. The van der Waals surface area contributed by atoms with Crippen LogP contribution < -0.4 is 9.47 Å². The summed E-state index contributed by atoms with van der Waals surface area (Å²) in [6.45, 7) is 4.42. The van der Waals surface area contributed by atoms with Crippen molar-refractivity contribution in [2.24, 2.45) is 0 Å². The molecule has 4 rings (SSSR count). The molecule has 3 nitrogen and oxygen atoms in total. The van der Waals surface area contributed by atoms with Crippen LogP contribution in [-0.4, -0.2) is 6.79 Å². The van der Waals surface area contributed by atoms with Crippen molar-refractivity contribution in [2.45, 2.75) is 13.8 Å². The molecule has 1 aromatic heterocycles. The molecule has 0 aliphatic carbocycles. The first-order valence-electron chi connectivity index (χ1n) is 7.28. The molecule has 2 heterocycles. The Hall–Kier alpha value is -2.68. The fourth-order valence-corrected chi connectivity index (χ4v) is 2.67. The van der Waals surface area contributed by atoms with E-state index in [0.717, 1.165) is 39.7 Å². The van der Waals surface area contributed by atoms with E-state index in [-0.39, 0.29) is 6.79 Å². The minimum Gasteiger partial charge on any atom is -0.456 e. The Bertz CT molecular complexity index is 828. The van der Waals surface area contributed by atoms with E-state index in [1.807, 2.05) is 18.2 Å². The summed E-state index contributed by atoms with van der Waals surface area (Å²) in [5.41, 5.74) is 4.43. The zero-order valence-electron chi connectivity index (χ0n) is 12.6. The van der Waals surface area contributed by atoms with Gasteiger partial charge in [-0.2, -0.15) is 0 Å². The molecular weight excluding hydrogens is 276 g/mol. The Balaban J connectivity index is 1.75. The van der Waals surface area contributed by atoms with Crippen LogP contribution >= 0.6 is 0 Å². The summed E-state index contributed by atoms with van der Waals surface area (Å²) in [5, 5.41) is 0. The standard InChI is InChI=1S/C19H16O3/c1-12-3-5-14(6-4-12)17-9-13(2)19(22-17)15-7-8-16-18(10-15)21-11-20-16/h3-10H,11H2,1-2H3. The summed E-state index contributed by atoms with van der Waals surface area (Å²) in [7, 11) is 0. The topological polar surface area (TPSA) is 31.6 Å². The minimum atomic E-state index is 0.282. The molecule has 1 aliphatic rings. The van der Waals surface area contributed by atoms with E-state index in [0.29, 0.717) is 0 Å². The van der Waals surface area contributed by atoms with Crippen LogP contribution in [-0.2, 0) is 0 Å². The fraction of sp³-hybridized carbons (Fsp3) is 0.158. The number of rotatable bonds is 2. The maximum atomic E-state index is 6.09. The molecule has 1 aliphatic heterocycles. The van der Waals surface area contributed by atoms with E-state index in [1.54, 1.807) is 0 Å². The smallest absolute Gasteiger partial charge is 0.231 e. The summed E-state index contributed by atoms with van der Waals surface area (Å²) >= 11 is 0. The number of furan rings is 1. The third kappa shape index (κ3) is 2.15. The van der Waals surface area contributed by atoms with Crippen molar-refractivity contribution >= 4 is 0 Å². The highest BCUT2D eigenvalue weighted by molar-refractivity contribution is 5.70. The summed E-state index contributed by atoms with van der Waals surface area (Å²) in [5.74, 6) is 3.30. The zero-order chi connectivity index (χ0) is 15.1. The van der Waals surface area contributed by atoms with Gasteiger partial charge in [0.25, 0.3) is 0 Å². The average Bonchev–Trinajstić information content (AvgIpc) is 3.13. The highest BCUT2D eigenvalue weighted by atomic mass is 16.7. The first-order valence-corrected chi connectivity index (χ1v) is 7.28. The van der Waals surface area contributed by atoms with E-state index in [2.05, 4.69) is 44.2 Å². The van der Waals surface area contributed by atoms with Crippen molar-refractivity contribution in [3.63, 3.8) is 0 Å². The Morgan fingerprint density at radius 3 is 2.32 bits per heavy atom. The van der Waals surface area contributed by atoms with E-state index < -0.39 is 0 Å². The summed E-state index contributed by atoms with van der Waals surface area (Å²) in [6.07, 6.45) is 0. The van der Waals surface area contributed by atoms with Gasteiger partial charge in [-0.15, -0.1) is 0 Å². The van der Waals surface area contributed by atoms with Gasteiger partial charge in [0.15, 0.2) is 11.5 Å². The van der Waals surface area contributed by atoms with E-state index >= 15 is 0 Å². The molecule has 0 saturated carbocycles. The molecule has 0 amide bonds. The highest BCUT2D eigenvalue weighted by Crippen LogP contribution is 2.38. The fourth-order valence-electron chi connectivity index (χ4n) is 2.67. The average molecular weight is 292 g/mol. The van der Waals surface area contributed by atoms with Crippen LogP contribution in [0.2, 0.25) is 0 Å². The summed E-state index contributed by atoms with van der Waals surface area (Å²) in [6, 6.07) is 16.3. The van der Waals surface area contributed by atoms with E-state index in [4.69, 9.17) is 13.9 Å². The predicted molar refractivity (Wildman–Crippen MR) is 85.2 cm³/mol. The molecule has 0 saturated heterocycles. The van der Waals surface area contributed by atoms with Crippen LogP contribution in [0.25, 0.3) is 22.6 Å². The normalized spacial score (nSPS) is 12.6. The van der Waals surface area contributed by atoms with Gasteiger partial charge in [0.05, 0.1) is 0 Å². The minimum absolute atomic E-state index is 0.282. The molecule has 0 bridgehead atoms. The molecule has 3 aromatic rings. The van der Waals surface area contributed by atoms with Crippen molar-refractivity contribution in [3.05, 3.63) is 59.7 Å². The molecule has 0 spiro atoms. The van der Waals surface area contributed by atoms with Crippen LogP contribution in [0.4, 0.5) is 0 Å². The van der Waals surface area contributed by atoms with Crippen LogP contribution in [0.1, 0.15) is 11.1 Å². The van der Waals surface area contributed by atoms with Gasteiger partial charge in [0.1, 0.15) is 11.5 Å². The quantitative estimate of drug-likeness (QED) is 0.669. The van der Waals surface area contributed by atoms with Crippen molar-refractivity contribution < 1.29 is 13.9 Å². The van der Waals surface area contributed by atoms with E-state index in [1.165, 1.54) is 5.56 Å². The molecule has 22 heavy (non-hydrogen) atoms. The number of ether oxygens (including phenoxy) is 2. The lowest BCUT2D eigenvalue weighted by Crippen LogP contribution is -1.92. The van der Waals surface area contributed by atoms with Crippen LogP contribution in [0.5, 0.6) is 11.5 Å². The number of benzene rings is 2. The maximum Gasteiger partial charge on any atom is 0.231 e. The van der Waals surface area contributed by atoms with Crippen LogP contribution in [0.3, 0.4) is 0 Å². The van der Waals surface area contributed by atoms with Gasteiger partial charge in [-0.1, -0.05) is 29.8 Å². The van der Waals surface area contributed by atoms with Gasteiger partial charge in [-0.25, -0.2) is 0 Å². The monoisotopic (exact) mass is 292 g/mol. The Morgan fingerprint density at radius 1 is 0.773 bits per heavy atom. The zero-order valence-corrected chi connectivity index (χ0v) is 12.6. The van der Waals surface area contributed by atoms with Crippen LogP contribution in [0, 0.1) is 13.8 Å².